The molecule has 1 aliphatic heterocycles. The topological polar surface area (TPSA) is 77.6 Å². The number of furan rings is 1. The van der Waals surface area contributed by atoms with Crippen molar-refractivity contribution in [3.63, 3.8) is 0 Å². The van der Waals surface area contributed by atoms with Crippen LogP contribution in [0.5, 0.6) is 0 Å². The van der Waals surface area contributed by atoms with Crippen molar-refractivity contribution < 1.29 is 18.7 Å². The third-order valence-electron chi connectivity index (χ3n) is 3.57. The van der Waals surface area contributed by atoms with E-state index in [-0.39, 0.29) is 12.6 Å². The fourth-order valence-electron chi connectivity index (χ4n) is 2.62. The second-order valence-electron chi connectivity index (χ2n) is 6.54. The van der Waals surface area contributed by atoms with Crippen molar-refractivity contribution in [3.8, 4) is 11.5 Å². The van der Waals surface area contributed by atoms with Gasteiger partial charge in [0.2, 0.25) is 0 Å². The van der Waals surface area contributed by atoms with Crippen LogP contribution in [-0.4, -0.2) is 39.0 Å². The third-order valence-corrected chi connectivity index (χ3v) is 4.00. The zero-order valence-electron chi connectivity index (χ0n) is 13.7. The number of nitrogens with zero attached hydrogens (tertiary/aromatic N) is 3. The molecule has 0 aromatic carbocycles. The molecule has 0 atom stereocenters. The molecule has 0 fully saturated rings. The molecule has 8 heteroatoms. The van der Waals surface area contributed by atoms with Gasteiger partial charge in [-0.1, -0.05) is 0 Å². The average Bonchev–Trinajstić information content (AvgIpc) is 3.07. The number of fused-ring (bicyclic) bond motifs is 1. The molecule has 0 N–H and O–H groups in total. The normalized spacial score (nSPS) is 14.4. The van der Waals surface area contributed by atoms with Crippen LogP contribution >= 0.6 is 15.9 Å². The number of ether oxygens (including phenoxy) is 1. The number of hydrogen-bond donors (Lipinski definition) is 0. The minimum Gasteiger partial charge on any atom is -0.448 e. The highest BCUT2D eigenvalue weighted by molar-refractivity contribution is 9.10. The van der Waals surface area contributed by atoms with Crippen molar-refractivity contribution in [3.05, 3.63) is 28.3 Å². The first-order chi connectivity index (χ1) is 11.3. The van der Waals surface area contributed by atoms with Gasteiger partial charge in [-0.25, -0.2) is 9.78 Å². The van der Waals surface area contributed by atoms with Crippen molar-refractivity contribution in [2.45, 2.75) is 39.5 Å². The van der Waals surface area contributed by atoms with Gasteiger partial charge in [0.1, 0.15) is 22.8 Å². The standard InChI is InChI=1S/C16H18BrN3O4/c1-16(2,3)24-15(22)19-6-7-20-13(8-19)18-10(9-21)14(20)11-4-5-12(17)23-11/h4-5,9H,6-8H2,1-3H3. The second-order valence-corrected chi connectivity index (χ2v) is 7.32. The van der Waals surface area contributed by atoms with Gasteiger partial charge in [0, 0.05) is 13.1 Å². The average molecular weight is 396 g/mol. The Morgan fingerprint density at radius 2 is 2.12 bits per heavy atom. The summed E-state index contributed by atoms with van der Waals surface area (Å²) in [5.74, 6) is 1.20. The molecule has 0 unspecified atom stereocenters. The number of amides is 1. The summed E-state index contributed by atoms with van der Waals surface area (Å²) in [5.41, 5.74) is 0.385. The van der Waals surface area contributed by atoms with E-state index in [9.17, 15) is 9.59 Å². The minimum atomic E-state index is -0.552. The predicted octanol–water partition coefficient (Wildman–Crippen LogP) is 3.47. The largest absolute Gasteiger partial charge is 0.448 e. The first kappa shape index (κ1) is 16.8. The number of hydrogen-bond acceptors (Lipinski definition) is 5. The summed E-state index contributed by atoms with van der Waals surface area (Å²) in [5, 5.41) is 0. The number of rotatable bonds is 2. The van der Waals surface area contributed by atoms with Crippen LogP contribution in [0, 0.1) is 0 Å². The fourth-order valence-corrected chi connectivity index (χ4v) is 2.92. The van der Waals surface area contributed by atoms with Gasteiger partial charge in [0.15, 0.2) is 16.7 Å². The number of imidazole rings is 1. The molecule has 7 nitrogen and oxygen atoms in total. The molecular weight excluding hydrogens is 378 g/mol. The molecular formula is C16H18BrN3O4. The van der Waals surface area contributed by atoms with Gasteiger partial charge in [-0.15, -0.1) is 0 Å². The number of carbonyl (C=O) groups is 2. The molecule has 1 amide bonds. The smallest absolute Gasteiger partial charge is 0.410 e. The molecule has 24 heavy (non-hydrogen) atoms. The Kier molecular flexibility index (Phi) is 4.25. The lowest BCUT2D eigenvalue weighted by molar-refractivity contribution is 0.0196. The van der Waals surface area contributed by atoms with Crippen LogP contribution in [0.1, 0.15) is 37.1 Å². The van der Waals surface area contributed by atoms with Crippen molar-refractivity contribution in [1.82, 2.24) is 14.5 Å². The van der Waals surface area contributed by atoms with Crippen molar-refractivity contribution >= 4 is 28.3 Å². The van der Waals surface area contributed by atoms with Crippen LogP contribution in [-0.2, 0) is 17.8 Å². The van der Waals surface area contributed by atoms with Gasteiger partial charge < -0.3 is 13.7 Å². The van der Waals surface area contributed by atoms with Gasteiger partial charge in [-0.05, 0) is 48.8 Å². The van der Waals surface area contributed by atoms with Crippen LogP contribution in [0.3, 0.4) is 0 Å². The van der Waals surface area contributed by atoms with E-state index in [1.165, 1.54) is 0 Å². The summed E-state index contributed by atoms with van der Waals surface area (Å²) < 4.78 is 13.5. The quantitative estimate of drug-likeness (QED) is 0.727. The summed E-state index contributed by atoms with van der Waals surface area (Å²) >= 11 is 3.26. The van der Waals surface area contributed by atoms with Crippen molar-refractivity contribution in [2.75, 3.05) is 6.54 Å². The van der Waals surface area contributed by atoms with Crippen LogP contribution < -0.4 is 0 Å². The Morgan fingerprint density at radius 1 is 1.38 bits per heavy atom. The zero-order chi connectivity index (χ0) is 17.5. The highest BCUT2D eigenvalue weighted by atomic mass is 79.9. The SMILES string of the molecule is CC(C)(C)OC(=O)N1CCn2c(nc(C=O)c2-c2ccc(Br)o2)C1. The fraction of sp³-hybridized carbons (Fsp3) is 0.438. The van der Waals surface area contributed by atoms with Gasteiger partial charge in [-0.3, -0.25) is 9.69 Å². The number of carbonyl (C=O) groups excluding carboxylic acids is 2. The summed E-state index contributed by atoms with van der Waals surface area (Å²) in [4.78, 5) is 29.6. The van der Waals surface area contributed by atoms with E-state index in [1.807, 2.05) is 25.3 Å². The maximum atomic E-state index is 12.2. The number of aromatic nitrogens is 2. The zero-order valence-corrected chi connectivity index (χ0v) is 15.3. The van der Waals surface area contributed by atoms with Crippen LogP contribution in [0.15, 0.2) is 21.2 Å². The van der Waals surface area contributed by atoms with E-state index in [0.717, 1.165) is 0 Å². The highest BCUT2D eigenvalue weighted by Crippen LogP contribution is 2.30. The van der Waals surface area contributed by atoms with Crippen LogP contribution in [0.25, 0.3) is 11.5 Å². The molecule has 0 saturated carbocycles. The summed E-state index contributed by atoms with van der Waals surface area (Å²) in [6, 6.07) is 3.54. The van der Waals surface area contributed by atoms with Crippen LogP contribution in [0.4, 0.5) is 4.79 Å². The van der Waals surface area contributed by atoms with E-state index < -0.39 is 5.60 Å². The molecule has 3 heterocycles. The molecule has 0 aliphatic carbocycles. The first-order valence-electron chi connectivity index (χ1n) is 7.56. The summed E-state index contributed by atoms with van der Waals surface area (Å²) in [6.07, 6.45) is 0.321. The lowest BCUT2D eigenvalue weighted by Gasteiger charge is -2.30. The molecule has 2 aromatic heterocycles. The third kappa shape index (κ3) is 3.24. The predicted molar refractivity (Wildman–Crippen MR) is 89.7 cm³/mol. The Bertz CT molecular complexity index is 788. The molecule has 1 aliphatic rings. The van der Waals surface area contributed by atoms with Gasteiger partial charge >= 0.3 is 6.09 Å². The van der Waals surface area contributed by atoms with E-state index >= 15 is 0 Å². The molecule has 128 valence electrons. The van der Waals surface area contributed by atoms with Gasteiger partial charge in [0.25, 0.3) is 0 Å². The molecule has 0 radical (unpaired) electrons. The lowest BCUT2D eigenvalue weighted by Crippen LogP contribution is -2.41. The lowest BCUT2D eigenvalue weighted by atomic mass is 10.2. The minimum absolute atomic E-state index is 0.289. The van der Waals surface area contributed by atoms with E-state index in [4.69, 9.17) is 9.15 Å². The van der Waals surface area contributed by atoms with E-state index in [0.29, 0.717) is 47.0 Å². The van der Waals surface area contributed by atoms with Gasteiger partial charge in [-0.2, -0.15) is 0 Å². The molecule has 0 spiro atoms. The Morgan fingerprint density at radius 3 is 2.71 bits per heavy atom. The maximum Gasteiger partial charge on any atom is 0.410 e. The number of aldehydes is 1. The summed E-state index contributed by atoms with van der Waals surface area (Å²) in [7, 11) is 0. The molecule has 0 bridgehead atoms. The van der Waals surface area contributed by atoms with Gasteiger partial charge in [0.05, 0.1) is 6.54 Å². The van der Waals surface area contributed by atoms with E-state index in [1.54, 1.807) is 17.0 Å². The summed E-state index contributed by atoms with van der Waals surface area (Å²) in [6.45, 7) is 6.76. The Labute approximate surface area is 147 Å². The van der Waals surface area contributed by atoms with E-state index in [2.05, 4.69) is 20.9 Å². The van der Waals surface area contributed by atoms with Crippen molar-refractivity contribution in [2.24, 2.45) is 0 Å². The monoisotopic (exact) mass is 395 g/mol. The number of halogens is 1. The Hall–Kier alpha value is -2.09. The van der Waals surface area contributed by atoms with Crippen molar-refractivity contribution in [1.29, 1.82) is 0 Å². The highest BCUT2D eigenvalue weighted by Gasteiger charge is 2.30. The van der Waals surface area contributed by atoms with Crippen LogP contribution in [0.2, 0.25) is 0 Å². The first-order valence-corrected chi connectivity index (χ1v) is 8.36. The molecule has 3 rings (SSSR count). The Balaban J connectivity index is 1.90. The maximum absolute atomic E-state index is 12.2. The molecule has 2 aromatic rings. The second kappa shape index (κ2) is 6.08. The molecule has 0 saturated heterocycles.